The predicted molar refractivity (Wildman–Crippen MR) is 154 cm³/mol. The van der Waals surface area contributed by atoms with Crippen LogP contribution in [0.2, 0.25) is 0 Å². The summed E-state index contributed by atoms with van der Waals surface area (Å²) in [5.74, 6) is 0.897. The smallest absolute Gasteiger partial charge is 0.265 e. The van der Waals surface area contributed by atoms with Crippen molar-refractivity contribution in [2.24, 2.45) is 5.41 Å². The molecule has 0 radical (unpaired) electrons. The van der Waals surface area contributed by atoms with Crippen LogP contribution in [0.15, 0.2) is 61.2 Å². The van der Waals surface area contributed by atoms with Crippen molar-refractivity contribution in [3.05, 3.63) is 77.9 Å². The Hall–Kier alpha value is -2.67. The summed E-state index contributed by atoms with van der Waals surface area (Å²) in [5.41, 5.74) is 6.89. The van der Waals surface area contributed by atoms with Crippen molar-refractivity contribution in [3.8, 4) is 5.75 Å². The molecule has 7 rings (SSSR count). The number of rotatable bonds is 8. The van der Waals surface area contributed by atoms with Gasteiger partial charge in [-0.1, -0.05) is 43.2 Å². The zero-order valence-electron chi connectivity index (χ0n) is 23.2. The minimum absolute atomic E-state index is 0.00155. The van der Waals surface area contributed by atoms with Crippen LogP contribution in [0.5, 0.6) is 5.75 Å². The summed E-state index contributed by atoms with van der Waals surface area (Å²) >= 11 is 0. The van der Waals surface area contributed by atoms with Crippen molar-refractivity contribution in [1.82, 2.24) is 20.2 Å². The first-order valence-electron chi connectivity index (χ1n) is 15.1. The molecule has 5 atom stereocenters. The van der Waals surface area contributed by atoms with Gasteiger partial charge < -0.3 is 4.74 Å². The second-order valence-electron chi connectivity index (χ2n) is 12.3. The number of amides is 1. The molecule has 0 aromatic heterocycles. The molecule has 5 fully saturated rings. The first-order chi connectivity index (χ1) is 19.2. The van der Waals surface area contributed by atoms with E-state index in [1.807, 2.05) is 18.2 Å². The molecule has 2 aromatic rings. The van der Waals surface area contributed by atoms with Gasteiger partial charge in [0.05, 0.1) is 13.2 Å². The average molecular weight is 527 g/mol. The molecule has 2 aromatic carbocycles. The van der Waals surface area contributed by atoms with E-state index in [0.29, 0.717) is 29.6 Å². The standard InChI is InChI=1S/C33H42N4O2/c1-3-19-36-27-15-17-29-33(27)28(36)16-18-30(33)37(29)31(25-9-8-10-26(22-25)39-2)23-11-13-24(14-12-23)32(38)34-35-20-6-4-5-7-21-35/h3,8-14,22,27-31H,1,4-7,15-21H2,2H3,(H,34,38). The number of carbonyl (C=O) groups is 1. The zero-order chi connectivity index (χ0) is 26.6. The van der Waals surface area contributed by atoms with Gasteiger partial charge in [-0.3, -0.25) is 20.0 Å². The van der Waals surface area contributed by atoms with Gasteiger partial charge in [-0.2, -0.15) is 0 Å². The number of hydrogen-bond donors (Lipinski definition) is 1. The highest BCUT2D eigenvalue weighted by Gasteiger charge is 2.80. The first-order valence-corrected chi connectivity index (χ1v) is 15.1. The highest BCUT2D eigenvalue weighted by Crippen LogP contribution is 2.72. The maximum atomic E-state index is 13.1. The summed E-state index contributed by atoms with van der Waals surface area (Å²) in [6, 6.07) is 19.9. The molecule has 39 heavy (non-hydrogen) atoms. The van der Waals surface area contributed by atoms with Crippen LogP contribution in [-0.2, 0) is 0 Å². The SMILES string of the molecule is C=CCN1C2CCC3N(C(c4ccc(C(=O)NN5CCCCCC5)cc4)c4cccc(OC)c4)C4CCC1C234. The van der Waals surface area contributed by atoms with Crippen LogP contribution in [0.3, 0.4) is 0 Å². The Bertz CT molecular complexity index is 1190. The van der Waals surface area contributed by atoms with E-state index in [4.69, 9.17) is 4.74 Å². The van der Waals surface area contributed by atoms with E-state index >= 15 is 0 Å². The van der Waals surface area contributed by atoms with E-state index in [2.05, 4.69) is 63.2 Å². The number of likely N-dealkylation sites (tertiary alicyclic amines) is 2. The quantitative estimate of drug-likeness (QED) is 0.481. The maximum absolute atomic E-state index is 13.1. The van der Waals surface area contributed by atoms with Crippen molar-refractivity contribution in [3.63, 3.8) is 0 Å². The zero-order valence-corrected chi connectivity index (χ0v) is 23.2. The molecule has 5 aliphatic rings. The van der Waals surface area contributed by atoms with Crippen LogP contribution in [0.25, 0.3) is 0 Å². The second-order valence-corrected chi connectivity index (χ2v) is 12.3. The summed E-state index contributed by atoms with van der Waals surface area (Å²) in [7, 11) is 1.75. The van der Waals surface area contributed by atoms with Crippen LogP contribution in [0, 0.1) is 5.41 Å². The van der Waals surface area contributed by atoms with Gasteiger partial charge in [-0.15, -0.1) is 6.58 Å². The average Bonchev–Trinajstić information content (AvgIpc) is 3.24. The Labute approximate surface area is 233 Å². The molecule has 206 valence electrons. The van der Waals surface area contributed by atoms with Gasteiger partial charge in [-0.05, 0) is 73.9 Å². The topological polar surface area (TPSA) is 48.0 Å². The lowest BCUT2D eigenvalue weighted by Crippen LogP contribution is -2.83. The third kappa shape index (κ3) is 3.82. The third-order valence-electron chi connectivity index (χ3n) is 10.7. The van der Waals surface area contributed by atoms with E-state index < -0.39 is 0 Å². The molecule has 0 bridgehead atoms. The molecule has 1 spiro atoms. The van der Waals surface area contributed by atoms with Crippen molar-refractivity contribution in [2.75, 3.05) is 26.7 Å². The van der Waals surface area contributed by atoms with Crippen LogP contribution in [0.4, 0.5) is 0 Å². The third-order valence-corrected chi connectivity index (χ3v) is 10.7. The number of ether oxygens (including phenoxy) is 1. The number of hydrogen-bond acceptors (Lipinski definition) is 5. The molecule has 1 N–H and O–H groups in total. The van der Waals surface area contributed by atoms with Crippen LogP contribution >= 0.6 is 0 Å². The van der Waals surface area contributed by atoms with E-state index in [1.54, 1.807) is 7.11 Å². The molecule has 6 heteroatoms. The number of nitrogens with one attached hydrogen (secondary N) is 1. The van der Waals surface area contributed by atoms with Gasteiger partial charge in [0.1, 0.15) is 5.75 Å². The first kappa shape index (κ1) is 25.3. The maximum Gasteiger partial charge on any atom is 0.265 e. The molecule has 1 amide bonds. The number of hydrazine groups is 1. The number of carbonyl (C=O) groups excluding carboxylic acids is 1. The van der Waals surface area contributed by atoms with E-state index in [9.17, 15) is 4.79 Å². The van der Waals surface area contributed by atoms with Crippen molar-refractivity contribution in [1.29, 1.82) is 0 Å². The minimum atomic E-state index is -0.00155. The fourth-order valence-corrected chi connectivity index (χ4v) is 9.27. The fraction of sp³-hybridized carbons (Fsp3) is 0.545. The Morgan fingerprint density at radius 2 is 1.64 bits per heavy atom. The van der Waals surface area contributed by atoms with Crippen LogP contribution < -0.4 is 10.2 Å². The highest BCUT2D eigenvalue weighted by atomic mass is 16.5. The van der Waals surface area contributed by atoms with E-state index in [0.717, 1.165) is 43.8 Å². The van der Waals surface area contributed by atoms with Crippen molar-refractivity contribution < 1.29 is 9.53 Å². The van der Waals surface area contributed by atoms with E-state index in [1.165, 1.54) is 49.7 Å². The van der Waals surface area contributed by atoms with Gasteiger partial charge in [0, 0.05) is 54.8 Å². The lowest BCUT2D eigenvalue weighted by atomic mass is 9.56. The molecule has 2 aliphatic carbocycles. The lowest BCUT2D eigenvalue weighted by molar-refractivity contribution is -0.235. The van der Waals surface area contributed by atoms with Crippen molar-refractivity contribution >= 4 is 5.91 Å². The van der Waals surface area contributed by atoms with Gasteiger partial charge in [0.2, 0.25) is 0 Å². The Morgan fingerprint density at radius 3 is 2.28 bits per heavy atom. The van der Waals surface area contributed by atoms with Gasteiger partial charge >= 0.3 is 0 Å². The lowest BCUT2D eigenvalue weighted by Gasteiger charge is -2.72. The number of benzene rings is 2. The van der Waals surface area contributed by atoms with Crippen LogP contribution in [-0.4, -0.2) is 71.6 Å². The van der Waals surface area contributed by atoms with Gasteiger partial charge in [0.25, 0.3) is 5.91 Å². The normalized spacial score (nSPS) is 32.7. The molecule has 3 aliphatic heterocycles. The largest absolute Gasteiger partial charge is 0.497 e. The van der Waals surface area contributed by atoms with E-state index in [-0.39, 0.29) is 11.9 Å². The minimum Gasteiger partial charge on any atom is -0.497 e. The summed E-state index contributed by atoms with van der Waals surface area (Å²) in [6.07, 6.45) is 12.0. The molecule has 3 heterocycles. The van der Waals surface area contributed by atoms with Crippen molar-refractivity contribution in [2.45, 2.75) is 81.6 Å². The fourth-order valence-electron chi connectivity index (χ4n) is 9.27. The Balaban J connectivity index is 1.17. The summed E-state index contributed by atoms with van der Waals surface area (Å²) in [5, 5.41) is 2.10. The second kappa shape index (κ2) is 10.1. The van der Waals surface area contributed by atoms with Gasteiger partial charge in [-0.25, -0.2) is 5.01 Å². The highest BCUT2D eigenvalue weighted by molar-refractivity contribution is 5.93. The molecular formula is C33H42N4O2. The number of nitrogens with zero attached hydrogens (tertiary/aromatic N) is 3. The Morgan fingerprint density at radius 1 is 0.974 bits per heavy atom. The molecule has 3 saturated heterocycles. The predicted octanol–water partition coefficient (Wildman–Crippen LogP) is 5.17. The van der Waals surface area contributed by atoms with Gasteiger partial charge in [0.15, 0.2) is 0 Å². The summed E-state index contributed by atoms with van der Waals surface area (Å²) in [4.78, 5) is 18.7. The van der Waals surface area contributed by atoms with Crippen LogP contribution in [0.1, 0.15) is 78.9 Å². The summed E-state index contributed by atoms with van der Waals surface area (Å²) < 4.78 is 5.65. The molecule has 5 unspecified atom stereocenters. The Kier molecular flexibility index (Phi) is 6.53. The summed E-state index contributed by atoms with van der Waals surface area (Å²) in [6.45, 7) is 6.94. The number of methoxy groups -OCH3 is 1. The molecule has 2 saturated carbocycles. The monoisotopic (exact) mass is 526 g/mol. The molecule has 6 nitrogen and oxygen atoms in total. The molecular weight excluding hydrogens is 484 g/mol.